The number of carbonyl (C=O) groups is 1. The molecule has 0 fully saturated rings. The maximum Gasteiger partial charge on any atom is 0.358 e. The second-order valence-corrected chi connectivity index (χ2v) is 3.51. The number of aromatic nitrogens is 1. The third-order valence-electron chi connectivity index (χ3n) is 1.71. The van der Waals surface area contributed by atoms with Gasteiger partial charge in [-0.3, -0.25) is 0 Å². The Morgan fingerprint density at radius 3 is 2.75 bits per heavy atom. The molecular formula is C9H5BrF2N2O2. The van der Waals surface area contributed by atoms with Crippen molar-refractivity contribution in [2.45, 2.75) is 6.43 Å². The molecule has 0 aliphatic heterocycles. The number of carbonyl (C=O) groups excluding carboxylic acids is 1. The number of esters is 1. The van der Waals surface area contributed by atoms with Gasteiger partial charge in [0.2, 0.25) is 0 Å². The molecule has 0 spiro atoms. The van der Waals surface area contributed by atoms with Gasteiger partial charge >= 0.3 is 5.97 Å². The lowest BCUT2D eigenvalue weighted by molar-refractivity contribution is 0.0592. The van der Waals surface area contributed by atoms with Crippen molar-refractivity contribution in [3.05, 3.63) is 27.5 Å². The van der Waals surface area contributed by atoms with Gasteiger partial charge in [0.15, 0.2) is 5.69 Å². The molecule has 1 heterocycles. The van der Waals surface area contributed by atoms with E-state index in [2.05, 4.69) is 25.7 Å². The minimum atomic E-state index is -2.84. The minimum Gasteiger partial charge on any atom is -0.464 e. The number of hydrogen-bond donors (Lipinski definition) is 0. The Labute approximate surface area is 98.0 Å². The van der Waals surface area contributed by atoms with Crippen LogP contribution in [0.15, 0.2) is 10.5 Å². The molecule has 0 N–H and O–H groups in total. The molecule has 0 unspecified atom stereocenters. The summed E-state index contributed by atoms with van der Waals surface area (Å²) in [7, 11) is 1.08. The molecule has 7 heteroatoms. The van der Waals surface area contributed by atoms with Gasteiger partial charge in [-0.15, -0.1) is 0 Å². The number of nitrogens with zero attached hydrogens (tertiary/aromatic N) is 2. The first-order chi connectivity index (χ1) is 7.51. The highest BCUT2D eigenvalue weighted by Gasteiger charge is 2.21. The van der Waals surface area contributed by atoms with Crippen molar-refractivity contribution < 1.29 is 18.3 Å². The monoisotopic (exact) mass is 290 g/mol. The van der Waals surface area contributed by atoms with Gasteiger partial charge in [0, 0.05) is 4.47 Å². The second kappa shape index (κ2) is 4.99. The van der Waals surface area contributed by atoms with E-state index in [9.17, 15) is 13.6 Å². The summed E-state index contributed by atoms with van der Waals surface area (Å²) in [6.07, 6.45) is -2.84. The molecule has 84 valence electrons. The Morgan fingerprint density at radius 2 is 2.31 bits per heavy atom. The quantitative estimate of drug-likeness (QED) is 0.785. The highest BCUT2D eigenvalue weighted by atomic mass is 79.9. The smallest absolute Gasteiger partial charge is 0.358 e. The predicted molar refractivity (Wildman–Crippen MR) is 52.9 cm³/mol. The van der Waals surface area contributed by atoms with Crippen molar-refractivity contribution in [3.8, 4) is 6.07 Å². The summed E-state index contributed by atoms with van der Waals surface area (Å²) in [5.74, 6) is -0.925. The maximum absolute atomic E-state index is 12.5. The standard InChI is InChI=1S/C9H5BrF2N2O2/c1-16-9(15)6-4(3-13)2-5(10)7(14-6)8(11)12/h2,8H,1H3. The van der Waals surface area contributed by atoms with Crippen LogP contribution in [0.2, 0.25) is 0 Å². The van der Waals surface area contributed by atoms with Crippen molar-refractivity contribution in [1.82, 2.24) is 4.98 Å². The molecule has 0 amide bonds. The third-order valence-corrected chi connectivity index (χ3v) is 2.34. The molecule has 0 radical (unpaired) electrons. The van der Waals surface area contributed by atoms with E-state index in [0.717, 1.165) is 13.2 Å². The first-order valence-electron chi connectivity index (χ1n) is 3.98. The Morgan fingerprint density at radius 1 is 1.69 bits per heavy atom. The second-order valence-electron chi connectivity index (χ2n) is 2.66. The number of hydrogen-bond acceptors (Lipinski definition) is 4. The van der Waals surface area contributed by atoms with Crippen LogP contribution < -0.4 is 0 Å². The third kappa shape index (κ3) is 2.33. The normalized spacial score (nSPS) is 10.0. The summed E-state index contributed by atoms with van der Waals surface area (Å²) >= 11 is 2.85. The number of halogens is 3. The summed E-state index contributed by atoms with van der Waals surface area (Å²) in [6.45, 7) is 0. The molecule has 0 atom stereocenters. The van der Waals surface area contributed by atoms with E-state index < -0.39 is 23.8 Å². The zero-order valence-electron chi connectivity index (χ0n) is 8.00. The summed E-state index contributed by atoms with van der Waals surface area (Å²) in [5.41, 5.74) is -1.13. The van der Waals surface area contributed by atoms with Crippen LogP contribution in [0.5, 0.6) is 0 Å². The largest absolute Gasteiger partial charge is 0.464 e. The highest BCUT2D eigenvalue weighted by molar-refractivity contribution is 9.10. The van der Waals surface area contributed by atoms with Crippen LogP contribution in [0.25, 0.3) is 0 Å². The van der Waals surface area contributed by atoms with Gasteiger partial charge in [0.25, 0.3) is 6.43 Å². The first kappa shape index (κ1) is 12.5. The molecule has 1 aromatic rings. The molecule has 16 heavy (non-hydrogen) atoms. The van der Waals surface area contributed by atoms with Gasteiger partial charge in [-0.25, -0.2) is 18.6 Å². The number of nitriles is 1. The number of ether oxygens (including phenoxy) is 1. The van der Waals surface area contributed by atoms with Crippen molar-refractivity contribution in [2.24, 2.45) is 0 Å². The van der Waals surface area contributed by atoms with E-state index in [4.69, 9.17) is 5.26 Å². The minimum absolute atomic E-state index is 0.0216. The Bertz CT molecular complexity index is 471. The van der Waals surface area contributed by atoms with Gasteiger partial charge in [-0.2, -0.15) is 5.26 Å². The Balaban J connectivity index is 3.42. The lowest BCUT2D eigenvalue weighted by atomic mass is 10.2. The van der Waals surface area contributed by atoms with Crippen LogP contribution >= 0.6 is 15.9 Å². The van der Waals surface area contributed by atoms with Gasteiger partial charge in [0.05, 0.1) is 12.7 Å². The molecule has 4 nitrogen and oxygen atoms in total. The van der Waals surface area contributed by atoms with E-state index in [1.807, 2.05) is 0 Å². The molecule has 0 bridgehead atoms. The number of pyridine rings is 1. The molecule has 0 aliphatic carbocycles. The van der Waals surface area contributed by atoms with Gasteiger partial charge in [-0.1, -0.05) is 0 Å². The van der Waals surface area contributed by atoms with Gasteiger partial charge < -0.3 is 4.74 Å². The van der Waals surface area contributed by atoms with E-state index in [0.29, 0.717) is 0 Å². The maximum atomic E-state index is 12.5. The van der Waals surface area contributed by atoms with Crippen molar-refractivity contribution in [1.29, 1.82) is 5.26 Å². The fourth-order valence-corrected chi connectivity index (χ4v) is 1.48. The van der Waals surface area contributed by atoms with Crippen LogP contribution in [0, 0.1) is 11.3 Å². The average molecular weight is 291 g/mol. The zero-order chi connectivity index (χ0) is 12.3. The zero-order valence-corrected chi connectivity index (χ0v) is 9.59. The van der Waals surface area contributed by atoms with E-state index in [1.165, 1.54) is 0 Å². The number of rotatable bonds is 2. The van der Waals surface area contributed by atoms with E-state index >= 15 is 0 Å². The summed E-state index contributed by atoms with van der Waals surface area (Å²) in [4.78, 5) is 14.6. The van der Waals surface area contributed by atoms with E-state index in [-0.39, 0.29) is 10.0 Å². The topological polar surface area (TPSA) is 63.0 Å². The lowest BCUT2D eigenvalue weighted by Gasteiger charge is -2.06. The van der Waals surface area contributed by atoms with Gasteiger partial charge in [0.1, 0.15) is 11.8 Å². The van der Waals surface area contributed by atoms with Gasteiger partial charge in [-0.05, 0) is 22.0 Å². The molecule has 0 aromatic carbocycles. The van der Waals surface area contributed by atoms with Crippen molar-refractivity contribution in [3.63, 3.8) is 0 Å². The fraction of sp³-hybridized carbons (Fsp3) is 0.222. The van der Waals surface area contributed by atoms with Crippen molar-refractivity contribution in [2.75, 3.05) is 7.11 Å². The van der Waals surface area contributed by atoms with Crippen LogP contribution in [-0.2, 0) is 4.74 Å². The van der Waals surface area contributed by atoms with E-state index in [1.54, 1.807) is 6.07 Å². The lowest BCUT2D eigenvalue weighted by Crippen LogP contribution is -2.10. The van der Waals surface area contributed by atoms with Crippen LogP contribution in [0.4, 0.5) is 8.78 Å². The first-order valence-corrected chi connectivity index (χ1v) is 4.77. The molecule has 1 aromatic heterocycles. The summed E-state index contributed by atoms with van der Waals surface area (Å²) < 4.78 is 29.3. The predicted octanol–water partition coefficient (Wildman–Crippen LogP) is 2.44. The molecule has 0 saturated carbocycles. The number of alkyl halides is 2. The molecule has 0 saturated heterocycles. The molecular weight excluding hydrogens is 286 g/mol. The van der Waals surface area contributed by atoms with Crippen LogP contribution in [0.1, 0.15) is 28.2 Å². The van der Waals surface area contributed by atoms with Crippen LogP contribution in [-0.4, -0.2) is 18.1 Å². The van der Waals surface area contributed by atoms with Crippen molar-refractivity contribution >= 4 is 21.9 Å². The molecule has 1 rings (SSSR count). The SMILES string of the molecule is COC(=O)c1nc(C(F)F)c(Br)cc1C#N. The molecule has 0 aliphatic rings. The summed E-state index contributed by atoms with van der Waals surface area (Å²) in [5, 5.41) is 8.71. The fourth-order valence-electron chi connectivity index (χ4n) is 0.994. The van der Waals surface area contributed by atoms with Crippen LogP contribution in [0.3, 0.4) is 0 Å². The highest BCUT2D eigenvalue weighted by Crippen LogP contribution is 2.27. The number of methoxy groups -OCH3 is 1. The Kier molecular flexibility index (Phi) is 3.90. The average Bonchev–Trinajstić information content (AvgIpc) is 2.27. The summed E-state index contributed by atoms with van der Waals surface area (Å²) in [6, 6.07) is 2.79. The Hall–Kier alpha value is -1.55.